The molecule has 0 saturated carbocycles. The molecule has 0 unspecified atom stereocenters. The summed E-state index contributed by atoms with van der Waals surface area (Å²) in [6.45, 7) is 5.65. The maximum Gasteiger partial charge on any atom is 0.355 e. The molecule has 0 aliphatic heterocycles. The molecule has 2 rings (SSSR count). The largest absolute Gasteiger partial charge is 0.476 e. The number of carboxylic acid groups (broad SMARTS) is 1. The molecular weight excluding hydrogens is 276 g/mol. The molecule has 0 radical (unpaired) electrons. The molecule has 0 fully saturated rings. The van der Waals surface area contributed by atoms with Crippen LogP contribution in [0.25, 0.3) is 0 Å². The number of nitrogens with zero attached hydrogens (tertiary/aromatic N) is 2. The Morgan fingerprint density at radius 3 is 2.50 bits per heavy atom. The van der Waals surface area contributed by atoms with Crippen molar-refractivity contribution in [2.75, 3.05) is 0 Å². The summed E-state index contributed by atoms with van der Waals surface area (Å²) in [5.41, 5.74) is -0.606. The van der Waals surface area contributed by atoms with Crippen molar-refractivity contribution >= 4 is 23.1 Å². The van der Waals surface area contributed by atoms with Crippen molar-refractivity contribution in [2.45, 2.75) is 26.2 Å². The van der Waals surface area contributed by atoms with E-state index in [9.17, 15) is 14.7 Å². The van der Waals surface area contributed by atoms with Crippen LogP contribution in [0.15, 0.2) is 23.7 Å². The van der Waals surface area contributed by atoms with Crippen LogP contribution in [-0.4, -0.2) is 26.8 Å². The number of carboxylic acids is 1. The van der Waals surface area contributed by atoms with Gasteiger partial charge < -0.3 is 5.11 Å². The highest BCUT2D eigenvalue weighted by Crippen LogP contribution is 2.21. The van der Waals surface area contributed by atoms with Gasteiger partial charge in [0.1, 0.15) is 5.82 Å². The Hall–Kier alpha value is -2.08. The zero-order chi connectivity index (χ0) is 14.9. The van der Waals surface area contributed by atoms with Crippen molar-refractivity contribution in [3.8, 4) is 0 Å². The number of aromatic carboxylic acids is 1. The SMILES string of the molecule is CC(C)(C)c1ncc(C(=O)c2cccs2)c(C(=O)O)n1. The van der Waals surface area contributed by atoms with Gasteiger partial charge in [0.25, 0.3) is 0 Å². The third-order valence-corrected chi connectivity index (χ3v) is 3.52. The normalized spacial score (nSPS) is 11.3. The second-order valence-corrected chi connectivity index (χ2v) is 6.27. The van der Waals surface area contributed by atoms with Crippen LogP contribution in [0.2, 0.25) is 0 Å². The third kappa shape index (κ3) is 2.75. The number of thiophene rings is 1. The molecule has 2 aromatic rings. The molecule has 0 saturated heterocycles. The van der Waals surface area contributed by atoms with Crippen molar-refractivity contribution in [3.63, 3.8) is 0 Å². The average Bonchev–Trinajstić information content (AvgIpc) is 2.89. The molecule has 5 nitrogen and oxygen atoms in total. The van der Waals surface area contributed by atoms with Gasteiger partial charge in [-0.1, -0.05) is 26.8 Å². The molecule has 0 aromatic carbocycles. The van der Waals surface area contributed by atoms with Crippen LogP contribution in [0.4, 0.5) is 0 Å². The first-order valence-electron chi connectivity index (χ1n) is 5.99. The van der Waals surface area contributed by atoms with Crippen molar-refractivity contribution < 1.29 is 14.7 Å². The van der Waals surface area contributed by atoms with E-state index in [-0.39, 0.29) is 22.5 Å². The van der Waals surface area contributed by atoms with E-state index in [1.54, 1.807) is 17.5 Å². The molecule has 0 spiro atoms. The van der Waals surface area contributed by atoms with Crippen LogP contribution in [0.1, 0.15) is 52.3 Å². The molecule has 0 atom stereocenters. The van der Waals surface area contributed by atoms with E-state index in [1.807, 2.05) is 20.8 Å². The Morgan fingerprint density at radius 1 is 1.30 bits per heavy atom. The van der Waals surface area contributed by atoms with Crippen molar-refractivity contribution in [1.29, 1.82) is 0 Å². The van der Waals surface area contributed by atoms with E-state index in [2.05, 4.69) is 9.97 Å². The minimum Gasteiger partial charge on any atom is -0.476 e. The molecule has 0 aliphatic rings. The number of carbonyl (C=O) groups is 2. The van der Waals surface area contributed by atoms with Gasteiger partial charge in [0.05, 0.1) is 10.4 Å². The van der Waals surface area contributed by atoms with E-state index >= 15 is 0 Å². The summed E-state index contributed by atoms with van der Waals surface area (Å²) in [5.74, 6) is -1.19. The highest BCUT2D eigenvalue weighted by Gasteiger charge is 2.25. The Morgan fingerprint density at radius 2 is 2.00 bits per heavy atom. The zero-order valence-corrected chi connectivity index (χ0v) is 12.2. The molecular formula is C14H14N2O3S. The summed E-state index contributed by atoms with van der Waals surface area (Å²) < 4.78 is 0. The molecule has 0 bridgehead atoms. The van der Waals surface area contributed by atoms with Gasteiger partial charge in [0.2, 0.25) is 5.78 Å². The lowest BCUT2D eigenvalue weighted by molar-refractivity contribution is 0.0685. The average molecular weight is 290 g/mol. The molecule has 2 aromatic heterocycles. The van der Waals surface area contributed by atoms with E-state index in [0.717, 1.165) is 0 Å². The highest BCUT2D eigenvalue weighted by molar-refractivity contribution is 7.12. The van der Waals surface area contributed by atoms with Crippen LogP contribution >= 0.6 is 11.3 Å². The van der Waals surface area contributed by atoms with Gasteiger partial charge in [-0.3, -0.25) is 4.79 Å². The second kappa shape index (κ2) is 5.13. The lowest BCUT2D eigenvalue weighted by Crippen LogP contribution is -2.21. The van der Waals surface area contributed by atoms with E-state index in [1.165, 1.54) is 17.5 Å². The standard InChI is InChI=1S/C14H14N2O3S/c1-14(2,3)13-15-7-8(10(16-13)12(18)19)11(17)9-5-4-6-20-9/h4-7H,1-3H3,(H,18,19). The summed E-state index contributed by atoms with van der Waals surface area (Å²) in [4.78, 5) is 32.2. The smallest absolute Gasteiger partial charge is 0.355 e. The number of hydrogen-bond acceptors (Lipinski definition) is 5. The van der Waals surface area contributed by atoms with E-state index in [4.69, 9.17) is 0 Å². The van der Waals surface area contributed by atoms with Gasteiger partial charge in [-0.2, -0.15) is 0 Å². The molecule has 2 heterocycles. The lowest BCUT2D eigenvalue weighted by atomic mass is 9.95. The molecule has 20 heavy (non-hydrogen) atoms. The van der Waals surface area contributed by atoms with E-state index < -0.39 is 5.97 Å². The van der Waals surface area contributed by atoms with Crippen LogP contribution in [0.3, 0.4) is 0 Å². The third-order valence-electron chi connectivity index (χ3n) is 2.65. The predicted octanol–water partition coefficient (Wildman–Crippen LogP) is 2.76. The summed E-state index contributed by atoms with van der Waals surface area (Å²) >= 11 is 1.26. The Balaban J connectivity index is 2.54. The van der Waals surface area contributed by atoms with Gasteiger partial charge in [-0.15, -0.1) is 11.3 Å². The zero-order valence-electron chi connectivity index (χ0n) is 11.4. The fraction of sp³-hybridized carbons (Fsp3) is 0.286. The Labute approximate surface area is 120 Å². The van der Waals surface area contributed by atoms with Crippen molar-refractivity contribution in [2.24, 2.45) is 0 Å². The second-order valence-electron chi connectivity index (χ2n) is 5.32. The minimum absolute atomic E-state index is 0.0213. The van der Waals surface area contributed by atoms with Crippen LogP contribution in [-0.2, 0) is 5.41 Å². The first-order valence-corrected chi connectivity index (χ1v) is 6.87. The molecule has 1 N–H and O–H groups in total. The quantitative estimate of drug-likeness (QED) is 0.879. The molecule has 0 aliphatic carbocycles. The number of hydrogen-bond donors (Lipinski definition) is 1. The topological polar surface area (TPSA) is 80.2 Å². The maximum atomic E-state index is 12.3. The van der Waals surface area contributed by atoms with Gasteiger partial charge in [-0.25, -0.2) is 14.8 Å². The maximum absolute atomic E-state index is 12.3. The Kier molecular flexibility index (Phi) is 3.67. The van der Waals surface area contributed by atoms with E-state index in [0.29, 0.717) is 10.7 Å². The summed E-state index contributed by atoms with van der Waals surface area (Å²) in [6.07, 6.45) is 1.30. The van der Waals surface area contributed by atoms with Crippen LogP contribution in [0.5, 0.6) is 0 Å². The molecule has 104 valence electrons. The summed E-state index contributed by atoms with van der Waals surface area (Å²) in [7, 11) is 0. The summed E-state index contributed by atoms with van der Waals surface area (Å²) in [5, 5.41) is 11.0. The van der Waals surface area contributed by atoms with Crippen molar-refractivity contribution in [1.82, 2.24) is 9.97 Å². The van der Waals surface area contributed by atoms with Crippen molar-refractivity contribution in [3.05, 3.63) is 45.7 Å². The minimum atomic E-state index is -1.22. The number of carbonyl (C=O) groups excluding carboxylic acids is 1. The van der Waals surface area contributed by atoms with Crippen LogP contribution in [0, 0.1) is 0 Å². The number of aromatic nitrogens is 2. The monoisotopic (exact) mass is 290 g/mol. The summed E-state index contributed by atoms with van der Waals surface area (Å²) in [6, 6.07) is 3.39. The Bertz CT molecular complexity index is 658. The number of ketones is 1. The fourth-order valence-corrected chi connectivity index (χ4v) is 2.29. The van der Waals surface area contributed by atoms with Gasteiger partial charge in [0, 0.05) is 11.6 Å². The van der Waals surface area contributed by atoms with Gasteiger partial charge in [0.15, 0.2) is 5.69 Å². The van der Waals surface area contributed by atoms with Gasteiger partial charge >= 0.3 is 5.97 Å². The first kappa shape index (κ1) is 14.3. The highest BCUT2D eigenvalue weighted by atomic mass is 32.1. The van der Waals surface area contributed by atoms with Crippen LogP contribution < -0.4 is 0 Å². The fourth-order valence-electron chi connectivity index (χ4n) is 1.61. The predicted molar refractivity (Wildman–Crippen MR) is 75.4 cm³/mol. The first-order chi connectivity index (χ1) is 9.30. The molecule has 0 amide bonds. The number of rotatable bonds is 3. The molecule has 6 heteroatoms. The lowest BCUT2D eigenvalue weighted by Gasteiger charge is -2.17. The van der Waals surface area contributed by atoms with Gasteiger partial charge in [-0.05, 0) is 11.4 Å².